The van der Waals surface area contributed by atoms with Gasteiger partial charge in [0, 0.05) is 18.9 Å². The molecular weight excluding hydrogens is 273 g/mol. The van der Waals surface area contributed by atoms with Gasteiger partial charge in [0.1, 0.15) is 11.4 Å². The van der Waals surface area contributed by atoms with Gasteiger partial charge in [-0.25, -0.2) is 9.07 Å². The van der Waals surface area contributed by atoms with Crippen molar-refractivity contribution in [2.75, 3.05) is 5.32 Å². The van der Waals surface area contributed by atoms with E-state index in [0.29, 0.717) is 11.3 Å². The van der Waals surface area contributed by atoms with Gasteiger partial charge in [-0.2, -0.15) is 5.10 Å². The van der Waals surface area contributed by atoms with Crippen LogP contribution >= 0.6 is 0 Å². The van der Waals surface area contributed by atoms with Gasteiger partial charge in [-0.15, -0.1) is 0 Å². The van der Waals surface area contributed by atoms with Crippen molar-refractivity contribution in [3.05, 3.63) is 57.8 Å². The quantitative estimate of drug-likeness (QED) is 0.924. The maximum atomic E-state index is 13.3. The van der Waals surface area contributed by atoms with Gasteiger partial charge >= 0.3 is 0 Å². The van der Waals surface area contributed by atoms with E-state index in [1.807, 2.05) is 13.8 Å². The zero-order valence-electron chi connectivity index (χ0n) is 12.5. The second kappa shape index (κ2) is 7.33. The van der Waals surface area contributed by atoms with Gasteiger partial charge in [-0.3, -0.25) is 9.59 Å². The Hall–Kier alpha value is -2.50. The van der Waals surface area contributed by atoms with E-state index >= 15 is 0 Å². The second-order valence-electron chi connectivity index (χ2n) is 4.09. The summed E-state index contributed by atoms with van der Waals surface area (Å²) in [6, 6.07) is 5.65. The van der Waals surface area contributed by atoms with Crippen LogP contribution in [-0.4, -0.2) is 15.7 Å². The SMILES string of the molecule is CC.Cc1ccc(NC(=O)c2ccnn(C)c2=O)cc1F. The van der Waals surface area contributed by atoms with E-state index < -0.39 is 17.3 Å². The van der Waals surface area contributed by atoms with Crippen molar-refractivity contribution in [3.8, 4) is 0 Å². The molecule has 0 atom stereocenters. The number of hydrogen-bond acceptors (Lipinski definition) is 3. The molecular formula is C15H18FN3O2. The molecule has 1 aromatic carbocycles. The lowest BCUT2D eigenvalue weighted by Gasteiger charge is -2.06. The van der Waals surface area contributed by atoms with Crippen molar-refractivity contribution in [3.63, 3.8) is 0 Å². The first-order valence-electron chi connectivity index (χ1n) is 6.59. The number of hydrogen-bond donors (Lipinski definition) is 1. The summed E-state index contributed by atoms with van der Waals surface area (Å²) in [5, 5.41) is 6.19. The average Bonchev–Trinajstić information content (AvgIpc) is 2.48. The van der Waals surface area contributed by atoms with Crippen molar-refractivity contribution in [2.45, 2.75) is 20.8 Å². The van der Waals surface area contributed by atoms with E-state index in [4.69, 9.17) is 0 Å². The molecule has 2 rings (SSSR count). The lowest BCUT2D eigenvalue weighted by molar-refractivity contribution is 0.102. The Morgan fingerprint density at radius 1 is 1.29 bits per heavy atom. The molecule has 0 spiro atoms. The Morgan fingerprint density at radius 3 is 2.57 bits per heavy atom. The van der Waals surface area contributed by atoms with Crippen LogP contribution in [0.1, 0.15) is 29.8 Å². The summed E-state index contributed by atoms with van der Waals surface area (Å²) in [5.41, 5.74) is 0.232. The van der Waals surface area contributed by atoms with Crippen molar-refractivity contribution >= 4 is 11.6 Å². The molecule has 1 amide bonds. The van der Waals surface area contributed by atoms with E-state index in [1.165, 1.54) is 25.4 Å². The summed E-state index contributed by atoms with van der Waals surface area (Å²) in [5.74, 6) is -1.01. The normalized spacial score (nSPS) is 9.57. The Bertz CT molecular complexity index is 696. The maximum Gasteiger partial charge on any atom is 0.279 e. The molecule has 0 bridgehead atoms. The van der Waals surface area contributed by atoms with Crippen molar-refractivity contribution < 1.29 is 9.18 Å². The third-order valence-corrected chi connectivity index (χ3v) is 2.68. The molecule has 0 aliphatic carbocycles. The number of amides is 1. The third kappa shape index (κ3) is 3.98. The van der Waals surface area contributed by atoms with E-state index in [1.54, 1.807) is 19.1 Å². The van der Waals surface area contributed by atoms with Gasteiger partial charge in [-0.05, 0) is 30.7 Å². The largest absolute Gasteiger partial charge is 0.322 e. The summed E-state index contributed by atoms with van der Waals surface area (Å²) >= 11 is 0. The summed E-state index contributed by atoms with van der Waals surface area (Å²) in [4.78, 5) is 23.6. The van der Waals surface area contributed by atoms with Crippen LogP contribution in [0.15, 0.2) is 35.3 Å². The smallest absolute Gasteiger partial charge is 0.279 e. The van der Waals surface area contributed by atoms with Crippen LogP contribution in [0.5, 0.6) is 0 Å². The highest BCUT2D eigenvalue weighted by molar-refractivity contribution is 6.03. The summed E-state index contributed by atoms with van der Waals surface area (Å²) < 4.78 is 14.4. The van der Waals surface area contributed by atoms with E-state index in [9.17, 15) is 14.0 Å². The molecule has 0 aliphatic rings. The first kappa shape index (κ1) is 16.6. The number of nitrogens with one attached hydrogen (secondary N) is 1. The summed E-state index contributed by atoms with van der Waals surface area (Å²) in [7, 11) is 1.45. The summed E-state index contributed by atoms with van der Waals surface area (Å²) in [6.07, 6.45) is 1.35. The third-order valence-electron chi connectivity index (χ3n) is 2.68. The van der Waals surface area contributed by atoms with Gasteiger partial charge in [0.05, 0.1) is 0 Å². The fourth-order valence-corrected chi connectivity index (χ4v) is 1.55. The topological polar surface area (TPSA) is 64.0 Å². The first-order chi connectivity index (χ1) is 9.99. The van der Waals surface area contributed by atoms with Crippen molar-refractivity contribution in [2.24, 2.45) is 7.05 Å². The van der Waals surface area contributed by atoms with Crippen LogP contribution in [0, 0.1) is 12.7 Å². The number of aryl methyl sites for hydroxylation is 2. The van der Waals surface area contributed by atoms with Gasteiger partial charge in [-0.1, -0.05) is 19.9 Å². The highest BCUT2D eigenvalue weighted by Gasteiger charge is 2.12. The van der Waals surface area contributed by atoms with Crippen LogP contribution < -0.4 is 10.9 Å². The number of anilines is 1. The molecule has 112 valence electrons. The van der Waals surface area contributed by atoms with Crippen LogP contribution in [0.3, 0.4) is 0 Å². The zero-order valence-corrected chi connectivity index (χ0v) is 12.5. The number of aromatic nitrogens is 2. The number of carbonyl (C=O) groups is 1. The van der Waals surface area contributed by atoms with Crippen molar-refractivity contribution in [1.29, 1.82) is 0 Å². The van der Waals surface area contributed by atoms with E-state index in [-0.39, 0.29) is 5.56 Å². The fourth-order valence-electron chi connectivity index (χ4n) is 1.55. The van der Waals surface area contributed by atoms with Crippen LogP contribution in [0.25, 0.3) is 0 Å². The Morgan fingerprint density at radius 2 is 1.95 bits per heavy atom. The second-order valence-corrected chi connectivity index (χ2v) is 4.09. The highest BCUT2D eigenvalue weighted by atomic mass is 19.1. The molecule has 5 nitrogen and oxygen atoms in total. The molecule has 0 aliphatic heterocycles. The van der Waals surface area contributed by atoms with E-state index in [2.05, 4.69) is 10.4 Å². The lowest BCUT2D eigenvalue weighted by Crippen LogP contribution is -2.28. The number of rotatable bonds is 2. The molecule has 2 aromatic rings. The average molecular weight is 291 g/mol. The van der Waals surface area contributed by atoms with Crippen molar-refractivity contribution in [1.82, 2.24) is 9.78 Å². The zero-order chi connectivity index (χ0) is 16.0. The van der Waals surface area contributed by atoms with Crippen LogP contribution in [-0.2, 0) is 7.05 Å². The van der Waals surface area contributed by atoms with Gasteiger partial charge < -0.3 is 5.32 Å². The first-order valence-corrected chi connectivity index (χ1v) is 6.59. The maximum absolute atomic E-state index is 13.3. The molecule has 0 fully saturated rings. The Kier molecular flexibility index (Phi) is 5.78. The molecule has 21 heavy (non-hydrogen) atoms. The molecule has 0 unspecified atom stereocenters. The number of benzene rings is 1. The summed E-state index contributed by atoms with van der Waals surface area (Å²) in [6.45, 7) is 5.62. The Balaban J connectivity index is 0.00000106. The lowest BCUT2D eigenvalue weighted by atomic mass is 10.2. The minimum absolute atomic E-state index is 0.0431. The van der Waals surface area contributed by atoms with Crippen LogP contribution in [0.2, 0.25) is 0 Å². The van der Waals surface area contributed by atoms with Crippen LogP contribution in [0.4, 0.5) is 10.1 Å². The number of nitrogens with zero attached hydrogens (tertiary/aromatic N) is 2. The molecule has 1 aromatic heterocycles. The van der Waals surface area contributed by atoms with Gasteiger partial charge in [0.25, 0.3) is 11.5 Å². The molecule has 0 radical (unpaired) electrons. The monoisotopic (exact) mass is 291 g/mol. The highest BCUT2D eigenvalue weighted by Crippen LogP contribution is 2.14. The fraction of sp³-hybridized carbons (Fsp3) is 0.267. The predicted molar refractivity (Wildman–Crippen MR) is 79.9 cm³/mol. The van der Waals surface area contributed by atoms with Gasteiger partial charge in [0.15, 0.2) is 0 Å². The molecule has 6 heteroatoms. The standard InChI is InChI=1S/C13H12FN3O2.C2H6/c1-8-3-4-9(7-11(8)14)16-12(18)10-5-6-15-17(2)13(10)19;1-2/h3-7H,1-2H3,(H,16,18);1-2H3. The number of halogens is 1. The predicted octanol–water partition coefficient (Wildman–Crippen LogP) is 2.51. The minimum Gasteiger partial charge on any atom is -0.322 e. The molecule has 0 saturated heterocycles. The number of carbonyl (C=O) groups excluding carboxylic acids is 1. The molecule has 1 heterocycles. The Labute approximate surface area is 122 Å². The molecule has 0 saturated carbocycles. The van der Waals surface area contributed by atoms with E-state index in [0.717, 1.165) is 4.68 Å². The van der Waals surface area contributed by atoms with Gasteiger partial charge in [0.2, 0.25) is 0 Å². The molecule has 1 N–H and O–H groups in total. The minimum atomic E-state index is -0.591.